The first-order chi connectivity index (χ1) is 13.8. The van der Waals surface area contributed by atoms with Gasteiger partial charge in [0.1, 0.15) is 5.82 Å². The van der Waals surface area contributed by atoms with Crippen LogP contribution in [0.5, 0.6) is 0 Å². The smallest absolute Gasteiger partial charge is 0.180 e. The van der Waals surface area contributed by atoms with Crippen LogP contribution in [0.15, 0.2) is 65.7 Å². The van der Waals surface area contributed by atoms with E-state index in [1.165, 1.54) is 5.56 Å². The second-order valence-electron chi connectivity index (χ2n) is 7.50. The summed E-state index contributed by atoms with van der Waals surface area (Å²) in [5.41, 5.74) is 3.63. The number of aryl methyl sites for hydroxylation is 1. The van der Waals surface area contributed by atoms with Crippen LogP contribution >= 0.6 is 0 Å². The topological polar surface area (TPSA) is 72.0 Å². The molecule has 0 saturated carbocycles. The van der Waals surface area contributed by atoms with Crippen molar-refractivity contribution in [3.63, 3.8) is 0 Å². The Bertz CT molecular complexity index is 1060. The van der Waals surface area contributed by atoms with Gasteiger partial charge in [-0.05, 0) is 44.4 Å². The molecule has 152 valence electrons. The third kappa shape index (κ3) is 4.82. The number of anilines is 1. The summed E-state index contributed by atoms with van der Waals surface area (Å²) < 4.78 is 24.6. The zero-order valence-corrected chi connectivity index (χ0v) is 18.1. The molecule has 3 aromatic rings. The van der Waals surface area contributed by atoms with Gasteiger partial charge in [0.2, 0.25) is 0 Å². The highest BCUT2D eigenvalue weighted by molar-refractivity contribution is 7.92. The molecule has 0 saturated heterocycles. The molecule has 3 rings (SSSR count). The van der Waals surface area contributed by atoms with Gasteiger partial charge < -0.3 is 5.32 Å². The molecule has 6 heteroatoms. The first-order valence-electron chi connectivity index (χ1n) is 9.76. The third-order valence-electron chi connectivity index (χ3n) is 5.00. The second kappa shape index (κ2) is 8.74. The van der Waals surface area contributed by atoms with E-state index in [1.54, 1.807) is 44.3 Å². The molecular weight excluding hydrogens is 382 g/mol. The fourth-order valence-electron chi connectivity index (χ4n) is 2.99. The maximum Gasteiger partial charge on any atom is 0.180 e. The maximum absolute atomic E-state index is 12.3. The van der Waals surface area contributed by atoms with Crippen molar-refractivity contribution in [1.29, 1.82) is 0 Å². The summed E-state index contributed by atoms with van der Waals surface area (Å²) in [6.07, 6.45) is 1.72. The predicted octanol–water partition coefficient (Wildman–Crippen LogP) is 4.85. The summed E-state index contributed by atoms with van der Waals surface area (Å²) in [5.74, 6) is 1.07. The normalized spacial score (nSPS) is 12.7. The van der Waals surface area contributed by atoms with Crippen LogP contribution < -0.4 is 5.32 Å². The number of benzene rings is 2. The second-order valence-corrected chi connectivity index (χ2v) is 10.0. The van der Waals surface area contributed by atoms with E-state index in [2.05, 4.69) is 29.4 Å². The summed E-state index contributed by atoms with van der Waals surface area (Å²) in [4.78, 5) is 9.50. The Morgan fingerprint density at radius 3 is 2.24 bits per heavy atom. The van der Waals surface area contributed by atoms with E-state index in [0.717, 1.165) is 23.6 Å². The van der Waals surface area contributed by atoms with Crippen molar-refractivity contribution in [3.05, 3.63) is 72.1 Å². The highest BCUT2D eigenvalue weighted by Gasteiger charge is 2.19. The minimum Gasteiger partial charge on any atom is -0.368 e. The van der Waals surface area contributed by atoms with Gasteiger partial charge in [0.05, 0.1) is 27.7 Å². The summed E-state index contributed by atoms with van der Waals surface area (Å²) in [5, 5.41) is 2.95. The Balaban J connectivity index is 1.78. The van der Waals surface area contributed by atoms with Crippen molar-refractivity contribution in [2.75, 3.05) is 11.9 Å². The van der Waals surface area contributed by atoms with Gasteiger partial charge >= 0.3 is 0 Å². The number of nitrogens with zero attached hydrogens (tertiary/aromatic N) is 2. The molecule has 1 atom stereocenters. The van der Waals surface area contributed by atoms with Crippen molar-refractivity contribution >= 4 is 15.7 Å². The Labute approximate surface area is 173 Å². The van der Waals surface area contributed by atoms with Crippen molar-refractivity contribution < 1.29 is 8.42 Å². The molecule has 0 bridgehead atoms. The Morgan fingerprint density at radius 2 is 1.62 bits per heavy atom. The first kappa shape index (κ1) is 21.0. The Kier molecular flexibility index (Phi) is 6.33. The molecule has 1 aromatic heterocycles. The molecule has 0 aliphatic rings. The molecule has 0 aliphatic heterocycles. The molecule has 29 heavy (non-hydrogen) atoms. The van der Waals surface area contributed by atoms with Crippen molar-refractivity contribution in [3.8, 4) is 11.3 Å². The van der Waals surface area contributed by atoms with E-state index in [4.69, 9.17) is 4.98 Å². The van der Waals surface area contributed by atoms with E-state index >= 15 is 0 Å². The van der Waals surface area contributed by atoms with Gasteiger partial charge in [-0.3, -0.25) is 4.98 Å². The number of aromatic nitrogens is 2. The highest BCUT2D eigenvalue weighted by atomic mass is 32.2. The first-order valence-corrected chi connectivity index (χ1v) is 11.3. The van der Waals surface area contributed by atoms with Crippen molar-refractivity contribution in [2.24, 2.45) is 0 Å². The Hall–Kier alpha value is -2.73. The summed E-state index contributed by atoms with van der Waals surface area (Å²) in [6.45, 7) is 8.20. The summed E-state index contributed by atoms with van der Waals surface area (Å²) in [7, 11) is -3.28. The molecular formula is C23H27N3O2S. The van der Waals surface area contributed by atoms with Crippen molar-refractivity contribution in [1.82, 2.24) is 9.97 Å². The minimum atomic E-state index is -3.28. The average Bonchev–Trinajstić information content (AvgIpc) is 2.73. The molecule has 0 aliphatic carbocycles. The third-order valence-corrected chi connectivity index (χ3v) is 7.17. The maximum atomic E-state index is 12.3. The fourth-order valence-corrected chi connectivity index (χ4v) is 4.05. The molecule has 0 radical (unpaired) electrons. The number of hydrogen-bond acceptors (Lipinski definition) is 5. The molecule has 1 heterocycles. The van der Waals surface area contributed by atoms with E-state index in [1.807, 2.05) is 25.1 Å². The lowest BCUT2D eigenvalue weighted by Crippen LogP contribution is -2.14. The largest absolute Gasteiger partial charge is 0.368 e. The van der Waals surface area contributed by atoms with Gasteiger partial charge in [-0.2, -0.15) is 0 Å². The van der Waals surface area contributed by atoms with Crippen LogP contribution in [0.3, 0.4) is 0 Å². The van der Waals surface area contributed by atoms with Gasteiger partial charge in [0.25, 0.3) is 0 Å². The number of hydrogen-bond donors (Lipinski definition) is 1. The average molecular weight is 410 g/mol. The highest BCUT2D eigenvalue weighted by Crippen LogP contribution is 2.24. The quantitative estimate of drug-likeness (QED) is 0.604. The van der Waals surface area contributed by atoms with Gasteiger partial charge in [0.15, 0.2) is 9.84 Å². The van der Waals surface area contributed by atoms with Crippen molar-refractivity contribution in [2.45, 2.75) is 43.8 Å². The molecule has 0 spiro atoms. The van der Waals surface area contributed by atoms with Crippen LogP contribution in [0.25, 0.3) is 11.3 Å². The van der Waals surface area contributed by atoms with E-state index in [-0.39, 0.29) is 0 Å². The fraction of sp³-hybridized carbons (Fsp3) is 0.304. The van der Waals surface area contributed by atoms with Crippen LogP contribution in [0.1, 0.15) is 37.9 Å². The van der Waals surface area contributed by atoms with E-state index in [9.17, 15) is 8.42 Å². The van der Waals surface area contributed by atoms with Gasteiger partial charge in [0, 0.05) is 12.1 Å². The zero-order valence-electron chi connectivity index (χ0n) is 17.3. The van der Waals surface area contributed by atoms with Crippen LogP contribution in [-0.4, -0.2) is 30.2 Å². The number of rotatable bonds is 7. The van der Waals surface area contributed by atoms with Gasteiger partial charge in [-0.1, -0.05) is 49.4 Å². The molecule has 0 unspecified atom stereocenters. The molecule has 5 nitrogen and oxygen atoms in total. The van der Waals surface area contributed by atoms with E-state index < -0.39 is 15.1 Å². The molecule has 0 fully saturated rings. The van der Waals surface area contributed by atoms with Crippen LogP contribution in [0.4, 0.5) is 5.82 Å². The monoisotopic (exact) mass is 409 g/mol. The van der Waals surface area contributed by atoms with E-state index in [0.29, 0.717) is 16.5 Å². The minimum absolute atomic E-state index is 0.325. The standard InChI is InChI=1S/C23H27N3O2S/c1-16(2)29(27,28)21-12-10-20(11-13-21)22-15-24-18(4)23(26-22)25-14-17(3)19-8-6-5-7-9-19/h5-13,15-17H,14H2,1-4H3,(H,25,26)/t17-/m1/s1. The Morgan fingerprint density at radius 1 is 0.966 bits per heavy atom. The summed E-state index contributed by atoms with van der Waals surface area (Å²) >= 11 is 0. The van der Waals surface area contributed by atoms with Crippen LogP contribution in [0.2, 0.25) is 0 Å². The zero-order chi connectivity index (χ0) is 21.0. The van der Waals surface area contributed by atoms with Crippen LogP contribution in [-0.2, 0) is 9.84 Å². The van der Waals surface area contributed by atoms with Gasteiger partial charge in [-0.15, -0.1) is 0 Å². The lowest BCUT2D eigenvalue weighted by Gasteiger charge is -2.15. The predicted molar refractivity (Wildman–Crippen MR) is 118 cm³/mol. The molecule has 2 aromatic carbocycles. The number of nitrogens with one attached hydrogen (secondary N) is 1. The molecule has 1 N–H and O–H groups in total. The number of sulfone groups is 1. The summed E-state index contributed by atoms with van der Waals surface area (Å²) in [6, 6.07) is 17.2. The molecule has 0 amide bonds. The van der Waals surface area contributed by atoms with Gasteiger partial charge in [-0.25, -0.2) is 13.4 Å². The SMILES string of the molecule is Cc1ncc(-c2ccc(S(=O)(=O)C(C)C)cc2)nc1NC[C@@H](C)c1ccccc1. The van der Waals surface area contributed by atoms with Crippen LogP contribution in [0, 0.1) is 6.92 Å². The lowest BCUT2D eigenvalue weighted by atomic mass is 10.0. The lowest BCUT2D eigenvalue weighted by molar-refractivity contribution is 0.587.